The molecule has 0 N–H and O–H groups in total. The summed E-state index contributed by atoms with van der Waals surface area (Å²) < 4.78 is 8.56. The second-order valence-electron chi connectivity index (χ2n) is 5.55. The number of hydrogen-bond donors (Lipinski definition) is 0. The number of hydrogen-bond acceptors (Lipinski definition) is 8. The highest BCUT2D eigenvalue weighted by atomic mass is 32.1. The van der Waals surface area contributed by atoms with E-state index in [1.54, 1.807) is 13.8 Å². The molecule has 0 aliphatic heterocycles. The van der Waals surface area contributed by atoms with Crippen molar-refractivity contribution in [3.05, 3.63) is 10.6 Å². The van der Waals surface area contributed by atoms with E-state index < -0.39 is 34.7 Å². The van der Waals surface area contributed by atoms with Crippen LogP contribution in [0.1, 0.15) is 42.1 Å². The van der Waals surface area contributed by atoms with Crippen molar-refractivity contribution in [3.8, 4) is 0 Å². The Hall–Kier alpha value is -1.96. The second-order valence-corrected chi connectivity index (χ2v) is 6.31. The number of ether oxygens (including phenoxy) is 1. The molecule has 1 aliphatic rings. The van der Waals surface area contributed by atoms with Crippen LogP contribution in [-0.4, -0.2) is 39.5 Å². The SMILES string of the molecule is CCOC(=O)C1(C)CC(=O)C(C(=O)c2snnc2C)C(=O)C1. The zero-order valence-corrected chi connectivity index (χ0v) is 13.4. The van der Waals surface area contributed by atoms with Crippen LogP contribution in [-0.2, 0) is 19.1 Å². The van der Waals surface area contributed by atoms with Crippen LogP contribution in [0.25, 0.3) is 0 Å². The average Bonchev–Trinajstić information content (AvgIpc) is 2.84. The van der Waals surface area contributed by atoms with E-state index in [4.69, 9.17) is 4.74 Å². The number of carbonyl (C=O) groups is 4. The number of carbonyl (C=O) groups excluding carboxylic acids is 4. The molecule has 0 spiro atoms. The van der Waals surface area contributed by atoms with E-state index in [9.17, 15) is 19.2 Å². The van der Waals surface area contributed by atoms with E-state index in [2.05, 4.69) is 9.59 Å². The van der Waals surface area contributed by atoms with Gasteiger partial charge in [0.15, 0.2) is 17.3 Å². The molecule has 0 aromatic carbocycles. The molecule has 7 nitrogen and oxygen atoms in total. The van der Waals surface area contributed by atoms with Crippen LogP contribution in [0.3, 0.4) is 0 Å². The summed E-state index contributed by atoms with van der Waals surface area (Å²) >= 11 is 0.863. The Morgan fingerprint density at radius 1 is 1.32 bits per heavy atom. The van der Waals surface area contributed by atoms with Crippen LogP contribution in [0.2, 0.25) is 0 Å². The van der Waals surface area contributed by atoms with Gasteiger partial charge in [-0.15, -0.1) is 5.10 Å². The fraction of sp³-hybridized carbons (Fsp3) is 0.571. The zero-order chi connectivity index (χ0) is 16.5. The largest absolute Gasteiger partial charge is 0.466 e. The fourth-order valence-electron chi connectivity index (χ4n) is 2.55. The van der Waals surface area contributed by atoms with Crippen LogP contribution in [0.5, 0.6) is 0 Å². The normalized spacial score (nSPS) is 25.1. The van der Waals surface area contributed by atoms with Crippen LogP contribution in [0.15, 0.2) is 0 Å². The topological polar surface area (TPSA) is 103 Å². The maximum Gasteiger partial charge on any atom is 0.312 e. The predicted molar refractivity (Wildman–Crippen MR) is 76.5 cm³/mol. The molecule has 2 rings (SSSR count). The summed E-state index contributed by atoms with van der Waals surface area (Å²) in [4.78, 5) is 49.1. The highest BCUT2D eigenvalue weighted by Crippen LogP contribution is 2.37. The van der Waals surface area contributed by atoms with Gasteiger partial charge >= 0.3 is 5.97 Å². The van der Waals surface area contributed by atoms with Crippen molar-refractivity contribution >= 4 is 34.9 Å². The predicted octanol–water partition coefficient (Wildman–Crippen LogP) is 1.15. The molecular formula is C14H16N2O5S. The van der Waals surface area contributed by atoms with Gasteiger partial charge in [-0.05, 0) is 32.3 Å². The smallest absolute Gasteiger partial charge is 0.312 e. The highest BCUT2D eigenvalue weighted by molar-refractivity contribution is 7.08. The Labute approximate surface area is 131 Å². The van der Waals surface area contributed by atoms with Crippen molar-refractivity contribution in [3.63, 3.8) is 0 Å². The van der Waals surface area contributed by atoms with Gasteiger partial charge < -0.3 is 4.74 Å². The Bertz CT molecular complexity index is 633. The fourth-order valence-corrected chi connectivity index (χ4v) is 3.17. The third-order valence-corrected chi connectivity index (χ3v) is 4.52. The molecule has 1 aromatic rings. The molecule has 1 saturated carbocycles. The van der Waals surface area contributed by atoms with Gasteiger partial charge in [-0.1, -0.05) is 4.49 Å². The van der Waals surface area contributed by atoms with Gasteiger partial charge in [0.1, 0.15) is 10.8 Å². The minimum absolute atomic E-state index is 0.172. The summed E-state index contributed by atoms with van der Waals surface area (Å²) in [6.45, 7) is 4.93. The van der Waals surface area contributed by atoms with E-state index in [1.165, 1.54) is 6.92 Å². The number of ketones is 3. The quantitative estimate of drug-likeness (QED) is 0.465. The molecule has 0 bridgehead atoms. The standard InChI is InChI=1S/C14H16N2O5S/c1-4-21-13(20)14(3)5-8(17)10(9(18)6-14)11(19)12-7(2)15-16-22-12/h10H,4-6H2,1-3H3. The first kappa shape index (κ1) is 16.4. The monoisotopic (exact) mass is 324 g/mol. The molecule has 1 fully saturated rings. The van der Waals surface area contributed by atoms with Crippen LogP contribution < -0.4 is 0 Å². The van der Waals surface area contributed by atoms with Gasteiger partial charge in [0, 0.05) is 12.8 Å². The number of esters is 1. The lowest BCUT2D eigenvalue weighted by Crippen LogP contribution is -2.46. The first-order chi connectivity index (χ1) is 10.3. The Kier molecular flexibility index (Phi) is 4.50. The minimum Gasteiger partial charge on any atom is -0.466 e. The zero-order valence-electron chi connectivity index (χ0n) is 12.5. The second kappa shape index (κ2) is 6.04. The Morgan fingerprint density at radius 2 is 1.91 bits per heavy atom. The molecule has 0 unspecified atom stereocenters. The van der Waals surface area contributed by atoms with E-state index in [1.807, 2.05) is 0 Å². The Morgan fingerprint density at radius 3 is 2.36 bits per heavy atom. The molecule has 1 aromatic heterocycles. The van der Waals surface area contributed by atoms with Crippen molar-refractivity contribution in [2.24, 2.45) is 11.3 Å². The molecule has 22 heavy (non-hydrogen) atoms. The van der Waals surface area contributed by atoms with E-state index in [-0.39, 0.29) is 24.3 Å². The number of rotatable bonds is 4. The van der Waals surface area contributed by atoms with Crippen LogP contribution in [0.4, 0.5) is 0 Å². The molecule has 8 heteroatoms. The molecule has 1 heterocycles. The molecule has 0 atom stereocenters. The summed E-state index contributed by atoms with van der Waals surface area (Å²) in [5, 5.41) is 3.71. The lowest BCUT2D eigenvalue weighted by Gasteiger charge is -2.32. The van der Waals surface area contributed by atoms with Gasteiger partial charge in [-0.25, -0.2) is 0 Å². The van der Waals surface area contributed by atoms with Gasteiger partial charge in [-0.3, -0.25) is 19.2 Å². The molecule has 0 amide bonds. The molecule has 0 saturated heterocycles. The molecule has 1 aliphatic carbocycles. The number of Topliss-reactive ketones (excluding diaryl/α,β-unsaturated/α-hetero) is 3. The molecular weight excluding hydrogens is 308 g/mol. The third-order valence-electron chi connectivity index (χ3n) is 3.68. The number of aryl methyl sites for hydroxylation is 1. The van der Waals surface area contributed by atoms with E-state index in [0.717, 1.165) is 11.5 Å². The summed E-state index contributed by atoms with van der Waals surface area (Å²) in [6.07, 6.45) is -0.363. The summed E-state index contributed by atoms with van der Waals surface area (Å²) in [6, 6.07) is 0. The Balaban J connectivity index is 2.24. The van der Waals surface area contributed by atoms with Crippen molar-refractivity contribution in [1.29, 1.82) is 0 Å². The average molecular weight is 324 g/mol. The van der Waals surface area contributed by atoms with Gasteiger partial charge in [0.2, 0.25) is 0 Å². The van der Waals surface area contributed by atoms with E-state index >= 15 is 0 Å². The first-order valence-electron chi connectivity index (χ1n) is 6.86. The maximum absolute atomic E-state index is 12.4. The third kappa shape index (κ3) is 2.83. The summed E-state index contributed by atoms with van der Waals surface area (Å²) in [5.74, 6) is -3.62. The van der Waals surface area contributed by atoms with Crippen molar-refractivity contribution in [2.75, 3.05) is 6.61 Å². The minimum atomic E-state index is -1.36. The van der Waals surface area contributed by atoms with Gasteiger partial charge in [-0.2, -0.15) is 0 Å². The molecule has 118 valence electrons. The van der Waals surface area contributed by atoms with Gasteiger partial charge in [0.25, 0.3) is 0 Å². The first-order valence-corrected chi connectivity index (χ1v) is 7.63. The summed E-state index contributed by atoms with van der Waals surface area (Å²) in [7, 11) is 0. The van der Waals surface area contributed by atoms with Gasteiger partial charge in [0.05, 0.1) is 17.7 Å². The van der Waals surface area contributed by atoms with Crippen molar-refractivity contribution in [1.82, 2.24) is 9.59 Å². The van der Waals surface area contributed by atoms with Crippen LogP contribution >= 0.6 is 11.5 Å². The summed E-state index contributed by atoms with van der Waals surface area (Å²) in [5.41, 5.74) is -0.795. The lowest BCUT2D eigenvalue weighted by atomic mass is 9.69. The number of nitrogens with zero attached hydrogens (tertiary/aromatic N) is 2. The van der Waals surface area contributed by atoms with Crippen molar-refractivity contribution in [2.45, 2.75) is 33.6 Å². The number of aromatic nitrogens is 2. The van der Waals surface area contributed by atoms with E-state index in [0.29, 0.717) is 5.69 Å². The highest BCUT2D eigenvalue weighted by Gasteiger charge is 2.50. The lowest BCUT2D eigenvalue weighted by molar-refractivity contribution is -0.161. The van der Waals surface area contributed by atoms with Crippen molar-refractivity contribution < 1.29 is 23.9 Å². The molecule has 0 radical (unpaired) electrons. The van der Waals surface area contributed by atoms with Crippen LogP contribution in [0, 0.1) is 18.3 Å². The maximum atomic E-state index is 12.4.